The summed E-state index contributed by atoms with van der Waals surface area (Å²) >= 11 is 5.75. The number of alkyl halides is 3. The van der Waals surface area contributed by atoms with Crippen molar-refractivity contribution in [2.45, 2.75) is 13.1 Å². The van der Waals surface area contributed by atoms with Crippen molar-refractivity contribution in [3.05, 3.63) is 32.0 Å². The molecule has 0 atom stereocenters. The topological polar surface area (TPSA) is 17.1 Å². The molecule has 0 amide bonds. The fraction of sp³-hybridized carbons (Fsp3) is 0.222. The molecule has 0 heterocycles. The van der Waals surface area contributed by atoms with Crippen molar-refractivity contribution in [2.24, 2.45) is 0 Å². The van der Waals surface area contributed by atoms with Crippen molar-refractivity contribution in [1.82, 2.24) is 0 Å². The van der Waals surface area contributed by atoms with Gasteiger partial charge in [0.25, 0.3) is 5.78 Å². The minimum Gasteiger partial charge on any atom is -0.284 e. The Morgan fingerprint density at radius 3 is 2.25 bits per heavy atom. The van der Waals surface area contributed by atoms with Gasteiger partial charge in [-0.1, -0.05) is 15.9 Å². The third kappa shape index (κ3) is 2.45. The summed E-state index contributed by atoms with van der Waals surface area (Å²) in [5.74, 6) is -3.42. The normalized spacial score (nSPS) is 11.7. The fourth-order valence-electron chi connectivity index (χ4n) is 1.04. The summed E-state index contributed by atoms with van der Waals surface area (Å²) in [5.41, 5.74) is -0.665. The van der Waals surface area contributed by atoms with Gasteiger partial charge >= 0.3 is 6.18 Å². The second kappa shape index (κ2) is 4.44. The lowest BCUT2D eigenvalue weighted by Gasteiger charge is -2.11. The number of halogens is 6. The highest BCUT2D eigenvalue weighted by molar-refractivity contribution is 9.11. The SMILES string of the molecule is Cc1c(Br)cc(F)c(C(=O)C(F)(F)F)c1Br. The van der Waals surface area contributed by atoms with Crippen LogP contribution in [0.5, 0.6) is 0 Å². The van der Waals surface area contributed by atoms with E-state index in [4.69, 9.17) is 0 Å². The van der Waals surface area contributed by atoms with Crippen molar-refractivity contribution in [3.8, 4) is 0 Å². The maximum atomic E-state index is 13.3. The van der Waals surface area contributed by atoms with E-state index in [1.165, 1.54) is 6.92 Å². The molecule has 1 rings (SSSR count). The lowest BCUT2D eigenvalue weighted by molar-refractivity contribution is -0.0888. The highest BCUT2D eigenvalue weighted by Crippen LogP contribution is 2.34. The van der Waals surface area contributed by atoms with E-state index in [0.717, 1.165) is 6.07 Å². The summed E-state index contributed by atoms with van der Waals surface area (Å²) in [7, 11) is 0. The molecule has 0 unspecified atom stereocenters. The van der Waals surface area contributed by atoms with Gasteiger partial charge in [-0.25, -0.2) is 4.39 Å². The van der Waals surface area contributed by atoms with Crippen LogP contribution >= 0.6 is 31.9 Å². The van der Waals surface area contributed by atoms with Crippen LogP contribution in [0.1, 0.15) is 15.9 Å². The molecule has 0 fully saturated rings. The molecule has 0 saturated carbocycles. The molecule has 0 bridgehead atoms. The number of hydrogen-bond donors (Lipinski definition) is 0. The van der Waals surface area contributed by atoms with Gasteiger partial charge in [0.15, 0.2) is 0 Å². The molecule has 0 aliphatic carbocycles. The standard InChI is InChI=1S/C9H4Br2F4O/c1-3-4(10)2-5(12)6(7(3)11)8(16)9(13,14)15/h2H,1H3. The van der Waals surface area contributed by atoms with E-state index >= 15 is 0 Å². The number of hydrogen-bond acceptors (Lipinski definition) is 1. The first-order valence-corrected chi connectivity index (χ1v) is 5.50. The predicted molar refractivity (Wildman–Crippen MR) is 56.9 cm³/mol. The van der Waals surface area contributed by atoms with E-state index in [-0.39, 0.29) is 8.95 Å². The van der Waals surface area contributed by atoms with Crippen LogP contribution in [0.15, 0.2) is 15.0 Å². The van der Waals surface area contributed by atoms with Gasteiger partial charge in [-0.05, 0) is 34.5 Å². The molecule has 0 aliphatic heterocycles. The summed E-state index contributed by atoms with van der Waals surface area (Å²) in [6.45, 7) is 1.46. The van der Waals surface area contributed by atoms with Gasteiger partial charge in [-0.15, -0.1) is 0 Å². The molecular weight excluding hydrogens is 360 g/mol. The van der Waals surface area contributed by atoms with E-state index < -0.39 is 23.3 Å². The molecule has 1 aromatic carbocycles. The fourth-order valence-corrected chi connectivity index (χ4v) is 2.29. The monoisotopic (exact) mass is 362 g/mol. The number of carbonyl (C=O) groups excluding carboxylic acids is 1. The third-order valence-electron chi connectivity index (χ3n) is 1.88. The Hall–Kier alpha value is -0.430. The lowest BCUT2D eigenvalue weighted by atomic mass is 10.1. The maximum Gasteiger partial charge on any atom is 0.455 e. The largest absolute Gasteiger partial charge is 0.455 e. The molecule has 0 N–H and O–H groups in total. The zero-order chi connectivity index (χ0) is 12.7. The molecule has 1 nitrogen and oxygen atoms in total. The third-order valence-corrected chi connectivity index (χ3v) is 3.70. The molecule has 0 radical (unpaired) electrons. The van der Waals surface area contributed by atoms with Crippen molar-refractivity contribution < 1.29 is 22.4 Å². The second-order valence-corrected chi connectivity index (χ2v) is 4.63. The number of benzene rings is 1. The van der Waals surface area contributed by atoms with Crippen LogP contribution in [0, 0.1) is 12.7 Å². The van der Waals surface area contributed by atoms with E-state index in [0.29, 0.717) is 5.56 Å². The van der Waals surface area contributed by atoms with Gasteiger partial charge in [0, 0.05) is 8.95 Å². The Labute approximate surface area is 105 Å². The average molecular weight is 364 g/mol. The van der Waals surface area contributed by atoms with Gasteiger partial charge in [0.05, 0.1) is 5.56 Å². The quantitative estimate of drug-likeness (QED) is 0.533. The van der Waals surface area contributed by atoms with Crippen molar-refractivity contribution in [2.75, 3.05) is 0 Å². The van der Waals surface area contributed by atoms with E-state index in [1.54, 1.807) is 0 Å². The van der Waals surface area contributed by atoms with Gasteiger partial charge in [0.2, 0.25) is 0 Å². The van der Waals surface area contributed by atoms with Gasteiger partial charge in [-0.3, -0.25) is 4.79 Å². The number of rotatable bonds is 1. The van der Waals surface area contributed by atoms with Crippen LogP contribution in [-0.2, 0) is 0 Å². The van der Waals surface area contributed by atoms with E-state index in [1.807, 2.05) is 0 Å². The summed E-state index contributed by atoms with van der Waals surface area (Å²) in [5, 5.41) is 0. The highest BCUT2D eigenvalue weighted by Gasteiger charge is 2.42. The van der Waals surface area contributed by atoms with Crippen molar-refractivity contribution >= 4 is 37.6 Å². The molecule has 0 aliphatic rings. The van der Waals surface area contributed by atoms with Crippen LogP contribution in [0.3, 0.4) is 0 Å². The number of carbonyl (C=O) groups is 1. The maximum absolute atomic E-state index is 13.3. The molecular formula is C9H4Br2F4O. The van der Waals surface area contributed by atoms with Crippen molar-refractivity contribution in [3.63, 3.8) is 0 Å². The Morgan fingerprint density at radius 2 is 1.81 bits per heavy atom. The lowest BCUT2D eigenvalue weighted by Crippen LogP contribution is -2.24. The van der Waals surface area contributed by atoms with Gasteiger partial charge in [0.1, 0.15) is 5.82 Å². The average Bonchev–Trinajstić information content (AvgIpc) is 2.13. The minimum absolute atomic E-state index is 0.193. The Morgan fingerprint density at radius 1 is 1.31 bits per heavy atom. The zero-order valence-electron chi connectivity index (χ0n) is 7.75. The smallest absolute Gasteiger partial charge is 0.284 e. The molecule has 0 saturated heterocycles. The van der Waals surface area contributed by atoms with Gasteiger partial charge in [-0.2, -0.15) is 13.2 Å². The van der Waals surface area contributed by atoms with Crippen LogP contribution < -0.4 is 0 Å². The Balaban J connectivity index is 3.47. The summed E-state index contributed by atoms with van der Waals surface area (Å²) in [4.78, 5) is 11.0. The first kappa shape index (κ1) is 13.6. The van der Waals surface area contributed by atoms with Crippen LogP contribution in [0.2, 0.25) is 0 Å². The molecule has 1 aromatic rings. The molecule has 16 heavy (non-hydrogen) atoms. The molecule has 0 spiro atoms. The molecule has 0 aromatic heterocycles. The summed E-state index contributed by atoms with van der Waals surface area (Å²) in [6.07, 6.45) is -5.09. The van der Waals surface area contributed by atoms with Crippen LogP contribution in [-0.4, -0.2) is 12.0 Å². The van der Waals surface area contributed by atoms with Crippen molar-refractivity contribution in [1.29, 1.82) is 0 Å². The first-order chi connectivity index (χ1) is 7.16. The predicted octanol–water partition coefficient (Wildman–Crippen LogP) is 4.40. The zero-order valence-corrected chi connectivity index (χ0v) is 10.9. The van der Waals surface area contributed by atoms with E-state index in [2.05, 4.69) is 31.9 Å². The van der Waals surface area contributed by atoms with Gasteiger partial charge < -0.3 is 0 Å². The number of ketones is 1. The summed E-state index contributed by atoms with van der Waals surface area (Å²) < 4.78 is 49.9. The highest BCUT2D eigenvalue weighted by atomic mass is 79.9. The van der Waals surface area contributed by atoms with Crippen LogP contribution in [0.4, 0.5) is 17.6 Å². The molecule has 7 heteroatoms. The number of Topliss-reactive ketones (excluding diaryl/α,β-unsaturated/α-hetero) is 1. The van der Waals surface area contributed by atoms with E-state index in [9.17, 15) is 22.4 Å². The minimum atomic E-state index is -5.09. The second-order valence-electron chi connectivity index (χ2n) is 2.98. The van der Waals surface area contributed by atoms with Crippen LogP contribution in [0.25, 0.3) is 0 Å². The molecule has 88 valence electrons. The first-order valence-electron chi connectivity index (χ1n) is 3.92. The Kier molecular flexibility index (Phi) is 3.79. The summed E-state index contributed by atoms with van der Waals surface area (Å²) in [6, 6.07) is 0.832. The Bertz CT molecular complexity index is 454.